The number of aromatic hydroxyl groups is 1. The Labute approximate surface area is 218 Å². The van der Waals surface area contributed by atoms with Crippen LogP contribution in [0.1, 0.15) is 61.9 Å². The minimum Gasteiger partial charge on any atom is -0.507 e. The van der Waals surface area contributed by atoms with E-state index in [1.165, 1.54) is 6.07 Å². The second kappa shape index (κ2) is 14.1. The number of ether oxygens (including phenoxy) is 1. The molecule has 1 aliphatic heterocycles. The normalized spacial score (nSPS) is 16.7. The van der Waals surface area contributed by atoms with Gasteiger partial charge in [-0.15, -0.1) is 0 Å². The third kappa shape index (κ3) is 9.13. The first-order chi connectivity index (χ1) is 17.7. The van der Waals surface area contributed by atoms with Crippen molar-refractivity contribution in [3.05, 3.63) is 65.5 Å². The minimum atomic E-state index is -0.973. The van der Waals surface area contributed by atoms with Gasteiger partial charge in [-0.2, -0.15) is 0 Å². The van der Waals surface area contributed by atoms with Crippen molar-refractivity contribution in [2.75, 3.05) is 13.2 Å². The van der Waals surface area contributed by atoms with Crippen LogP contribution in [0.4, 0.5) is 4.39 Å². The number of aliphatic hydroxyl groups excluding tert-OH is 1. The van der Waals surface area contributed by atoms with E-state index < -0.39 is 29.6 Å². The van der Waals surface area contributed by atoms with Crippen LogP contribution in [0.3, 0.4) is 0 Å². The molecule has 8 heteroatoms. The molecule has 1 saturated heterocycles. The van der Waals surface area contributed by atoms with E-state index >= 15 is 0 Å². The number of amides is 2. The third-order valence-corrected chi connectivity index (χ3v) is 6.84. The highest BCUT2D eigenvalue weighted by atomic mass is 19.1. The summed E-state index contributed by atoms with van der Waals surface area (Å²) in [6.07, 6.45) is 2.58. The molecule has 0 aliphatic carbocycles. The molecule has 7 nitrogen and oxygen atoms in total. The average molecular weight is 515 g/mol. The minimum absolute atomic E-state index is 0.0239. The summed E-state index contributed by atoms with van der Waals surface area (Å²) in [5, 5.41) is 27.4. The van der Waals surface area contributed by atoms with E-state index in [4.69, 9.17) is 4.74 Å². The molecule has 2 aromatic rings. The number of aliphatic hydroxyl groups is 1. The highest BCUT2D eigenvalue weighted by Gasteiger charge is 2.29. The number of rotatable bonds is 12. The van der Waals surface area contributed by atoms with Gasteiger partial charge in [0, 0.05) is 31.2 Å². The van der Waals surface area contributed by atoms with Crippen LogP contribution in [0.25, 0.3) is 0 Å². The van der Waals surface area contributed by atoms with Crippen LogP contribution in [0.15, 0.2) is 48.5 Å². The summed E-state index contributed by atoms with van der Waals surface area (Å²) >= 11 is 0. The van der Waals surface area contributed by atoms with Crippen LogP contribution in [0.5, 0.6) is 5.75 Å². The second-order valence-corrected chi connectivity index (χ2v) is 10.3. The molecule has 3 rings (SSSR count). The first-order valence-electron chi connectivity index (χ1n) is 13.1. The van der Waals surface area contributed by atoms with Crippen LogP contribution in [0.2, 0.25) is 0 Å². The van der Waals surface area contributed by atoms with Crippen LogP contribution < -0.4 is 10.6 Å². The molecule has 0 spiro atoms. The topological polar surface area (TPSA) is 108 Å². The Bertz CT molecular complexity index is 1010. The van der Waals surface area contributed by atoms with Gasteiger partial charge in [-0.25, -0.2) is 4.39 Å². The number of nitrogens with one attached hydrogen (secondary N) is 2. The molecular formula is C29H39FN2O5. The van der Waals surface area contributed by atoms with Crippen molar-refractivity contribution in [2.24, 2.45) is 11.8 Å². The summed E-state index contributed by atoms with van der Waals surface area (Å²) in [6, 6.07) is 11.7. The van der Waals surface area contributed by atoms with E-state index in [9.17, 15) is 24.2 Å². The van der Waals surface area contributed by atoms with Gasteiger partial charge in [-0.05, 0) is 62.1 Å². The van der Waals surface area contributed by atoms with Crippen LogP contribution >= 0.6 is 0 Å². The fraction of sp³-hybridized carbons (Fsp3) is 0.517. The van der Waals surface area contributed by atoms with Gasteiger partial charge in [0.05, 0.1) is 17.7 Å². The lowest BCUT2D eigenvalue weighted by atomic mass is 9.92. The SMILES string of the molecule is CC(C)CC[C@@H](C[C@H](O)[C@H](Cc1ccccc1)NC(=O)c1ccc(F)cc1O)NC(=O)C1CCOCC1. The van der Waals surface area contributed by atoms with Crippen LogP contribution in [-0.2, 0) is 16.0 Å². The molecule has 202 valence electrons. The van der Waals surface area contributed by atoms with Crippen molar-refractivity contribution >= 4 is 11.8 Å². The van der Waals surface area contributed by atoms with Crippen LogP contribution in [-0.4, -0.2) is 53.4 Å². The Hall–Kier alpha value is -2.97. The monoisotopic (exact) mass is 514 g/mol. The molecule has 2 aromatic carbocycles. The standard InChI is InChI=1S/C29H39FN2O5/c1-19(2)8-10-23(31-28(35)21-12-14-37-15-13-21)18-27(34)25(16-20-6-4-3-5-7-20)32-29(36)24-11-9-22(30)17-26(24)33/h3-7,9,11,17,19,21,23,25,27,33-34H,8,10,12-16,18H2,1-2H3,(H,31,35)(H,32,36)/t23-,25-,27-/m0/s1. The molecule has 0 bridgehead atoms. The molecule has 4 N–H and O–H groups in total. The van der Waals surface area contributed by atoms with Gasteiger partial charge in [-0.3, -0.25) is 9.59 Å². The molecule has 1 heterocycles. The number of hydrogen-bond donors (Lipinski definition) is 4. The van der Waals surface area contributed by atoms with Gasteiger partial charge < -0.3 is 25.6 Å². The smallest absolute Gasteiger partial charge is 0.255 e. The van der Waals surface area contributed by atoms with E-state index in [1.54, 1.807) is 0 Å². The van der Waals surface area contributed by atoms with E-state index in [0.29, 0.717) is 44.8 Å². The quantitative estimate of drug-likeness (QED) is 0.343. The summed E-state index contributed by atoms with van der Waals surface area (Å²) in [5.41, 5.74) is 0.844. The Morgan fingerprint density at radius 1 is 1.05 bits per heavy atom. The van der Waals surface area contributed by atoms with Gasteiger partial charge >= 0.3 is 0 Å². The largest absolute Gasteiger partial charge is 0.507 e. The van der Waals surface area contributed by atoms with Gasteiger partial charge in [0.25, 0.3) is 5.91 Å². The maximum Gasteiger partial charge on any atom is 0.255 e. The zero-order chi connectivity index (χ0) is 26.8. The van der Waals surface area contributed by atoms with Gasteiger partial charge in [0.1, 0.15) is 11.6 Å². The number of hydrogen-bond acceptors (Lipinski definition) is 5. The highest BCUT2D eigenvalue weighted by molar-refractivity contribution is 5.97. The number of carbonyl (C=O) groups is 2. The first kappa shape index (κ1) is 28.6. The van der Waals surface area contributed by atoms with Gasteiger partial charge in [0.2, 0.25) is 5.91 Å². The molecule has 0 unspecified atom stereocenters. The fourth-order valence-corrected chi connectivity index (χ4v) is 4.61. The van der Waals surface area contributed by atoms with Crippen molar-refractivity contribution in [3.63, 3.8) is 0 Å². The Morgan fingerprint density at radius 2 is 1.76 bits per heavy atom. The predicted octanol–water partition coefficient (Wildman–Crippen LogP) is 3.97. The zero-order valence-electron chi connectivity index (χ0n) is 21.7. The van der Waals surface area contributed by atoms with Crippen LogP contribution in [0, 0.1) is 17.7 Å². The van der Waals surface area contributed by atoms with Gasteiger partial charge in [0.15, 0.2) is 0 Å². The van der Waals surface area contributed by atoms with E-state index in [0.717, 1.165) is 24.1 Å². The molecule has 37 heavy (non-hydrogen) atoms. The van der Waals surface area contributed by atoms with Crippen molar-refractivity contribution in [1.82, 2.24) is 10.6 Å². The number of benzene rings is 2. The molecule has 0 saturated carbocycles. The maximum atomic E-state index is 13.4. The Kier molecular flexibility index (Phi) is 10.9. The Morgan fingerprint density at radius 3 is 2.41 bits per heavy atom. The number of carbonyl (C=O) groups excluding carboxylic acids is 2. The molecule has 0 aromatic heterocycles. The molecule has 0 radical (unpaired) electrons. The summed E-state index contributed by atoms with van der Waals surface area (Å²) < 4.78 is 18.8. The summed E-state index contributed by atoms with van der Waals surface area (Å²) in [5.74, 6) is -1.42. The van der Waals surface area contributed by atoms with Crippen molar-refractivity contribution < 1.29 is 28.9 Å². The second-order valence-electron chi connectivity index (χ2n) is 10.3. The summed E-state index contributed by atoms with van der Waals surface area (Å²) in [7, 11) is 0. The van der Waals surface area contributed by atoms with Crippen molar-refractivity contribution in [2.45, 2.75) is 70.6 Å². The van der Waals surface area contributed by atoms with E-state index in [-0.39, 0.29) is 29.9 Å². The average Bonchev–Trinajstić information content (AvgIpc) is 2.87. The number of phenolic OH excluding ortho intramolecular Hbond substituents is 1. The summed E-state index contributed by atoms with van der Waals surface area (Å²) in [4.78, 5) is 25.9. The lowest BCUT2D eigenvalue weighted by molar-refractivity contribution is -0.128. The zero-order valence-corrected chi connectivity index (χ0v) is 21.7. The lowest BCUT2D eigenvalue weighted by Gasteiger charge is -2.30. The molecule has 1 aliphatic rings. The lowest BCUT2D eigenvalue weighted by Crippen LogP contribution is -2.49. The Balaban J connectivity index is 1.75. The third-order valence-electron chi connectivity index (χ3n) is 6.84. The predicted molar refractivity (Wildman–Crippen MR) is 140 cm³/mol. The molecule has 3 atom stereocenters. The molecular weight excluding hydrogens is 475 g/mol. The molecule has 1 fully saturated rings. The number of halogens is 1. The fourth-order valence-electron chi connectivity index (χ4n) is 4.61. The molecule has 2 amide bonds. The van der Waals surface area contributed by atoms with Gasteiger partial charge in [-0.1, -0.05) is 44.2 Å². The van der Waals surface area contributed by atoms with Crippen molar-refractivity contribution in [3.8, 4) is 5.75 Å². The highest BCUT2D eigenvalue weighted by Crippen LogP contribution is 2.21. The van der Waals surface area contributed by atoms with E-state index in [2.05, 4.69) is 24.5 Å². The summed E-state index contributed by atoms with van der Waals surface area (Å²) in [6.45, 7) is 5.36. The maximum absolute atomic E-state index is 13.4. The number of phenols is 1. The first-order valence-corrected chi connectivity index (χ1v) is 13.1. The van der Waals surface area contributed by atoms with E-state index in [1.807, 2.05) is 30.3 Å². The van der Waals surface area contributed by atoms with Crippen molar-refractivity contribution in [1.29, 1.82) is 0 Å².